The number of nitrogens with one attached hydrogen (secondary N) is 4. The molecule has 13 nitrogen and oxygen atoms in total. The zero-order valence-electron chi connectivity index (χ0n) is 30.8. The van der Waals surface area contributed by atoms with Crippen molar-refractivity contribution < 1.29 is 33.5 Å². The average molecular weight is 707 g/mol. The first-order valence-corrected chi connectivity index (χ1v) is 18.3. The van der Waals surface area contributed by atoms with E-state index < -0.39 is 59.3 Å². The number of rotatable bonds is 13. The molecule has 4 aliphatic rings. The molecule has 5 rings (SSSR count). The van der Waals surface area contributed by atoms with Crippen molar-refractivity contribution in [3.05, 3.63) is 35.4 Å². The minimum Gasteiger partial charge on any atom is -0.447 e. The largest absolute Gasteiger partial charge is 0.447 e. The summed E-state index contributed by atoms with van der Waals surface area (Å²) in [6.07, 6.45) is 3.71. The maximum atomic E-state index is 14.8. The van der Waals surface area contributed by atoms with Crippen LogP contribution in [-0.2, 0) is 36.8 Å². The lowest BCUT2D eigenvalue weighted by Gasteiger charge is -2.36. The molecular weight excluding hydrogens is 652 g/mol. The van der Waals surface area contributed by atoms with Crippen LogP contribution in [0.25, 0.3) is 0 Å². The Hall–Kier alpha value is -4.29. The molecule has 1 aliphatic heterocycles. The van der Waals surface area contributed by atoms with Gasteiger partial charge in [0.05, 0.1) is 12.1 Å². The molecular formula is C38H54N6O7. The second kappa shape index (κ2) is 15.1. The van der Waals surface area contributed by atoms with Gasteiger partial charge >= 0.3 is 18.0 Å². The maximum absolute atomic E-state index is 14.8. The van der Waals surface area contributed by atoms with Crippen LogP contribution in [0.3, 0.4) is 0 Å². The van der Waals surface area contributed by atoms with Gasteiger partial charge in [-0.1, -0.05) is 78.1 Å². The van der Waals surface area contributed by atoms with Crippen LogP contribution in [0.4, 0.5) is 9.59 Å². The fraction of sp³-hybridized carbons (Fsp3) is 0.658. The molecule has 0 bridgehead atoms. The lowest BCUT2D eigenvalue weighted by Crippen LogP contribution is -2.61. The molecule has 51 heavy (non-hydrogen) atoms. The molecule has 3 fully saturated rings. The lowest BCUT2D eigenvalue weighted by molar-refractivity contribution is -0.144. The molecule has 2 saturated carbocycles. The molecule has 4 N–H and O–H groups in total. The van der Waals surface area contributed by atoms with E-state index in [9.17, 15) is 28.8 Å². The highest BCUT2D eigenvalue weighted by molar-refractivity contribution is 6.39. The fourth-order valence-electron chi connectivity index (χ4n) is 8.18. The van der Waals surface area contributed by atoms with Crippen LogP contribution in [0, 0.1) is 34.5 Å². The predicted octanol–water partition coefficient (Wildman–Crippen LogP) is 3.18. The Morgan fingerprint density at radius 1 is 1.02 bits per heavy atom. The monoisotopic (exact) mass is 706 g/mol. The van der Waals surface area contributed by atoms with Crippen molar-refractivity contribution in [2.75, 3.05) is 19.7 Å². The van der Waals surface area contributed by atoms with Crippen molar-refractivity contribution in [2.24, 2.45) is 39.5 Å². The van der Waals surface area contributed by atoms with E-state index in [1.54, 1.807) is 11.8 Å². The standard InChI is InChI=1S/C38H54N6O7/c1-8-40-36(50)51-20-27(37(2,3)4)42-35(49)43-29(24-17-22-14-9-10-15-23(22)18-24)34(48)44-19-25-28(38(25,5)6)30(44)32(46)41-26(16-21-12-11-13-21)31(45)33(47)39-7/h9-10,14-15,21,24-30H,7-8,11-13,16-20H2,1-6H3,(H,40,50)(H,41,46)(H2,42,43,49)/t25-,26?,27+,28-,29-,30?/m0/s1. The van der Waals surface area contributed by atoms with Gasteiger partial charge in [0, 0.05) is 13.1 Å². The van der Waals surface area contributed by atoms with Gasteiger partial charge in [-0.2, -0.15) is 0 Å². The Kier molecular flexibility index (Phi) is 11.3. The Bertz CT molecular complexity index is 1520. The molecule has 278 valence electrons. The second-order valence-electron chi connectivity index (χ2n) is 16.4. The van der Waals surface area contributed by atoms with Gasteiger partial charge in [0.25, 0.3) is 0 Å². The number of hydrogen-bond donors (Lipinski definition) is 4. The number of likely N-dealkylation sites (tertiary alicyclic amines) is 1. The van der Waals surface area contributed by atoms with Gasteiger partial charge in [0.2, 0.25) is 17.6 Å². The third-order valence-corrected chi connectivity index (χ3v) is 11.7. The third-order valence-electron chi connectivity index (χ3n) is 11.7. The molecule has 0 radical (unpaired) electrons. The van der Waals surface area contributed by atoms with Crippen LogP contribution in [0.2, 0.25) is 0 Å². The Morgan fingerprint density at radius 2 is 1.67 bits per heavy atom. The first-order chi connectivity index (χ1) is 24.1. The summed E-state index contributed by atoms with van der Waals surface area (Å²) in [4.78, 5) is 85.0. The van der Waals surface area contributed by atoms with E-state index in [-0.39, 0.29) is 41.6 Å². The minimum absolute atomic E-state index is 0.0568. The Labute approximate surface area is 300 Å². The predicted molar refractivity (Wildman–Crippen MR) is 191 cm³/mol. The number of amides is 6. The summed E-state index contributed by atoms with van der Waals surface area (Å²) >= 11 is 0. The number of ether oxygens (including phenoxy) is 1. The Morgan fingerprint density at radius 3 is 2.22 bits per heavy atom. The summed E-state index contributed by atoms with van der Waals surface area (Å²) in [6.45, 7) is 15.5. The summed E-state index contributed by atoms with van der Waals surface area (Å²) in [7, 11) is 0. The summed E-state index contributed by atoms with van der Waals surface area (Å²) in [5.41, 5.74) is 1.50. The molecule has 1 aromatic carbocycles. The Balaban J connectivity index is 1.38. The fourth-order valence-corrected chi connectivity index (χ4v) is 8.18. The number of ketones is 1. The van der Waals surface area contributed by atoms with Gasteiger partial charge in [0.15, 0.2) is 0 Å². The number of carbonyl (C=O) groups is 6. The van der Waals surface area contributed by atoms with Crippen LogP contribution < -0.4 is 21.3 Å². The van der Waals surface area contributed by atoms with E-state index in [0.717, 1.165) is 30.4 Å². The first kappa shape index (κ1) is 38.0. The SMILES string of the molecule is C=NC(=O)C(=O)C(CC1CCC1)NC(=O)C1[C@@H]2[C@H](CN1C(=O)[C@@H](NC(=O)N[C@H](COC(=O)NCC)C(C)(C)C)C1Cc3ccccc3C1)C2(C)C. The quantitative estimate of drug-likeness (QED) is 0.180. The molecule has 6 amide bonds. The molecule has 0 spiro atoms. The number of benzene rings is 1. The van der Waals surface area contributed by atoms with Crippen LogP contribution in [0.5, 0.6) is 0 Å². The van der Waals surface area contributed by atoms with Crippen LogP contribution in [0.1, 0.15) is 78.4 Å². The van der Waals surface area contributed by atoms with Crippen molar-refractivity contribution in [1.29, 1.82) is 0 Å². The van der Waals surface area contributed by atoms with Gasteiger partial charge in [-0.15, -0.1) is 0 Å². The van der Waals surface area contributed by atoms with E-state index in [1.165, 1.54) is 0 Å². The molecule has 1 saturated heterocycles. The number of hydrogen-bond acceptors (Lipinski definition) is 7. The summed E-state index contributed by atoms with van der Waals surface area (Å²) in [5, 5.41) is 11.3. The highest BCUT2D eigenvalue weighted by Crippen LogP contribution is 2.65. The zero-order valence-corrected chi connectivity index (χ0v) is 30.8. The van der Waals surface area contributed by atoms with Crippen molar-refractivity contribution in [3.63, 3.8) is 0 Å². The van der Waals surface area contributed by atoms with Gasteiger partial charge in [-0.05, 0) is 78.5 Å². The molecule has 1 heterocycles. The number of urea groups is 1. The van der Waals surface area contributed by atoms with E-state index in [1.807, 2.05) is 45.0 Å². The molecule has 1 aromatic rings. The van der Waals surface area contributed by atoms with E-state index in [2.05, 4.69) is 46.8 Å². The molecule has 2 unspecified atom stereocenters. The molecule has 0 aromatic heterocycles. The minimum atomic E-state index is -1.06. The second-order valence-corrected chi connectivity index (χ2v) is 16.4. The van der Waals surface area contributed by atoms with Gasteiger partial charge in [-0.25, -0.2) is 14.6 Å². The average Bonchev–Trinajstić information content (AvgIpc) is 3.42. The lowest BCUT2D eigenvalue weighted by atomic mass is 9.80. The van der Waals surface area contributed by atoms with Crippen molar-refractivity contribution in [1.82, 2.24) is 26.2 Å². The van der Waals surface area contributed by atoms with Crippen LogP contribution in [0.15, 0.2) is 29.3 Å². The topological polar surface area (TPSA) is 175 Å². The highest BCUT2D eigenvalue weighted by atomic mass is 16.5. The maximum Gasteiger partial charge on any atom is 0.407 e. The van der Waals surface area contributed by atoms with Crippen molar-refractivity contribution >= 4 is 42.3 Å². The van der Waals surface area contributed by atoms with E-state index >= 15 is 0 Å². The van der Waals surface area contributed by atoms with Gasteiger partial charge in [0.1, 0.15) is 18.7 Å². The number of fused-ring (bicyclic) bond motifs is 2. The van der Waals surface area contributed by atoms with Crippen LogP contribution >= 0.6 is 0 Å². The third kappa shape index (κ3) is 8.28. The van der Waals surface area contributed by atoms with Crippen molar-refractivity contribution in [3.8, 4) is 0 Å². The number of Topliss-reactive ketones (excluding diaryl/α,β-unsaturated/α-hetero) is 1. The summed E-state index contributed by atoms with van der Waals surface area (Å²) in [5.74, 6) is -2.82. The highest BCUT2D eigenvalue weighted by Gasteiger charge is 2.70. The van der Waals surface area contributed by atoms with E-state index in [0.29, 0.717) is 32.4 Å². The number of carbonyl (C=O) groups excluding carboxylic acids is 6. The normalized spacial score (nSPS) is 23.7. The van der Waals surface area contributed by atoms with Gasteiger partial charge in [-0.3, -0.25) is 19.2 Å². The summed E-state index contributed by atoms with van der Waals surface area (Å²) < 4.78 is 5.36. The summed E-state index contributed by atoms with van der Waals surface area (Å²) in [6, 6.07) is 3.86. The number of piperidine rings is 1. The van der Waals surface area contributed by atoms with E-state index in [4.69, 9.17) is 4.74 Å². The van der Waals surface area contributed by atoms with Crippen molar-refractivity contribution in [2.45, 2.75) is 104 Å². The number of alkyl carbamates (subject to hydrolysis) is 1. The first-order valence-electron chi connectivity index (χ1n) is 18.3. The van der Waals surface area contributed by atoms with Crippen LogP contribution in [-0.4, -0.2) is 91.1 Å². The van der Waals surface area contributed by atoms with Gasteiger partial charge < -0.3 is 30.9 Å². The number of nitrogens with zero attached hydrogens (tertiary/aromatic N) is 2. The molecule has 3 aliphatic carbocycles. The zero-order chi connectivity index (χ0) is 37.2. The number of aliphatic imine (C=N–C) groups is 1. The smallest absolute Gasteiger partial charge is 0.407 e. The molecule has 6 atom stereocenters. The molecule has 13 heteroatoms.